The molecule has 1 aromatic carbocycles. The van der Waals surface area contributed by atoms with Crippen molar-refractivity contribution in [3.05, 3.63) is 30.1 Å². The van der Waals surface area contributed by atoms with E-state index in [9.17, 15) is 19.4 Å². The quantitative estimate of drug-likeness (QED) is 0.703. The average Bonchev–Trinajstić information content (AvgIpc) is 2.44. The lowest BCUT2D eigenvalue weighted by atomic mass is 10.0. The summed E-state index contributed by atoms with van der Waals surface area (Å²) in [5.41, 5.74) is 0. The summed E-state index contributed by atoms with van der Waals surface area (Å²) in [4.78, 5) is 11.7. The first-order chi connectivity index (χ1) is 10.1. The van der Waals surface area contributed by atoms with E-state index >= 15 is 0 Å². The molecular weight excluding hydrogens is 281 g/mol. The molecule has 2 rings (SSSR count). The van der Waals surface area contributed by atoms with Gasteiger partial charge in [0.05, 0.1) is 32.3 Å². The summed E-state index contributed by atoms with van der Waals surface area (Å²) >= 11 is 0. The molecule has 0 aliphatic carbocycles. The highest BCUT2D eigenvalue weighted by Crippen LogP contribution is 2.12. The third-order valence-electron chi connectivity index (χ3n) is 3.13. The maximum atomic E-state index is 12.9. The van der Waals surface area contributed by atoms with E-state index in [2.05, 4.69) is 5.32 Å². The van der Waals surface area contributed by atoms with Gasteiger partial charge in [0, 0.05) is 6.07 Å². The second-order valence-electron chi connectivity index (χ2n) is 4.83. The molecule has 1 aliphatic heterocycles. The van der Waals surface area contributed by atoms with E-state index in [1.807, 2.05) is 0 Å². The molecule has 0 bridgehead atoms. The van der Waals surface area contributed by atoms with Crippen molar-refractivity contribution < 1.29 is 28.9 Å². The maximum absolute atomic E-state index is 12.9. The van der Waals surface area contributed by atoms with Gasteiger partial charge in [0.25, 0.3) is 0 Å². The van der Waals surface area contributed by atoms with Crippen LogP contribution in [-0.4, -0.2) is 54.2 Å². The number of carbonyl (C=O) groups is 1. The van der Waals surface area contributed by atoms with E-state index in [1.165, 1.54) is 18.2 Å². The van der Waals surface area contributed by atoms with Gasteiger partial charge in [0.2, 0.25) is 5.91 Å². The fraction of sp³-hybridized carbons (Fsp3) is 0.500. The highest BCUT2D eigenvalue weighted by molar-refractivity contribution is 5.76. The fourth-order valence-corrected chi connectivity index (χ4v) is 2.01. The second kappa shape index (κ2) is 7.35. The lowest BCUT2D eigenvalue weighted by Gasteiger charge is -2.32. The van der Waals surface area contributed by atoms with E-state index in [4.69, 9.17) is 9.47 Å². The molecule has 1 saturated heterocycles. The van der Waals surface area contributed by atoms with Crippen LogP contribution in [0, 0.1) is 5.82 Å². The first-order valence-corrected chi connectivity index (χ1v) is 6.68. The third-order valence-corrected chi connectivity index (χ3v) is 3.13. The zero-order chi connectivity index (χ0) is 15.2. The predicted molar refractivity (Wildman–Crippen MR) is 71.3 cm³/mol. The Kier molecular flexibility index (Phi) is 5.49. The molecule has 1 aliphatic rings. The summed E-state index contributed by atoms with van der Waals surface area (Å²) in [7, 11) is 0. The van der Waals surface area contributed by atoms with Gasteiger partial charge >= 0.3 is 0 Å². The van der Waals surface area contributed by atoms with Crippen molar-refractivity contribution in [2.45, 2.75) is 24.7 Å². The molecule has 0 saturated carbocycles. The normalized spacial score (nSPS) is 25.4. The van der Waals surface area contributed by atoms with Gasteiger partial charge in [0.15, 0.2) is 0 Å². The van der Waals surface area contributed by atoms with E-state index in [0.717, 1.165) is 0 Å². The fourth-order valence-electron chi connectivity index (χ4n) is 2.01. The van der Waals surface area contributed by atoms with Crippen LogP contribution in [0.4, 0.5) is 4.39 Å². The molecule has 3 N–H and O–H groups in total. The molecule has 1 fully saturated rings. The van der Waals surface area contributed by atoms with E-state index in [1.54, 1.807) is 6.07 Å². The summed E-state index contributed by atoms with van der Waals surface area (Å²) < 4.78 is 23.2. The number of carbonyl (C=O) groups excluding carboxylic acids is 1. The number of ether oxygens (including phenoxy) is 2. The largest absolute Gasteiger partial charge is 0.493 e. The maximum Gasteiger partial charge on any atom is 0.223 e. The van der Waals surface area contributed by atoms with Gasteiger partial charge < -0.3 is 25.0 Å². The molecule has 3 atom stereocenters. The van der Waals surface area contributed by atoms with Crippen LogP contribution in [0.5, 0.6) is 5.75 Å². The van der Waals surface area contributed by atoms with Crippen molar-refractivity contribution >= 4 is 5.91 Å². The number of halogens is 1. The topological polar surface area (TPSA) is 88.0 Å². The molecule has 21 heavy (non-hydrogen) atoms. The number of aliphatic hydroxyl groups is 2. The minimum absolute atomic E-state index is 0.0514. The number of nitrogens with one attached hydrogen (secondary N) is 1. The summed E-state index contributed by atoms with van der Waals surface area (Å²) in [6.07, 6.45) is -2.00. The average molecular weight is 299 g/mol. The third kappa shape index (κ3) is 4.66. The highest BCUT2D eigenvalue weighted by atomic mass is 19.1. The van der Waals surface area contributed by atoms with Crippen molar-refractivity contribution in [2.75, 3.05) is 19.8 Å². The summed E-state index contributed by atoms with van der Waals surface area (Å²) in [5, 5.41) is 21.7. The van der Waals surface area contributed by atoms with Gasteiger partial charge in [-0.3, -0.25) is 4.79 Å². The molecule has 0 unspecified atom stereocenters. The standard InChI is InChI=1S/C14H18FNO5/c15-9-2-1-3-10(6-9)21-5-4-13(18)16-11-7-20-8-12(17)14(11)19/h1-3,6,11-12,14,17,19H,4-5,7-8H2,(H,16,18)/t11-,12-,14+/m1/s1. The minimum Gasteiger partial charge on any atom is -0.493 e. The number of amides is 1. The molecule has 1 heterocycles. The van der Waals surface area contributed by atoms with Crippen molar-refractivity contribution in [1.82, 2.24) is 5.32 Å². The van der Waals surface area contributed by atoms with Crippen LogP contribution in [0.1, 0.15) is 6.42 Å². The van der Waals surface area contributed by atoms with Crippen molar-refractivity contribution in [1.29, 1.82) is 0 Å². The Morgan fingerprint density at radius 1 is 1.43 bits per heavy atom. The highest BCUT2D eigenvalue weighted by Gasteiger charge is 2.32. The van der Waals surface area contributed by atoms with Crippen LogP contribution in [0.25, 0.3) is 0 Å². The molecule has 1 aromatic rings. The van der Waals surface area contributed by atoms with E-state index < -0.39 is 24.1 Å². The molecule has 1 amide bonds. The Labute approximate surface area is 121 Å². The van der Waals surface area contributed by atoms with Gasteiger partial charge in [-0.15, -0.1) is 0 Å². The first-order valence-electron chi connectivity index (χ1n) is 6.68. The SMILES string of the molecule is O=C(CCOc1cccc(F)c1)N[C@@H]1COC[C@@H](O)[C@H]1O. The molecular formula is C14H18FNO5. The number of benzene rings is 1. The van der Waals surface area contributed by atoms with Crippen molar-refractivity contribution in [3.8, 4) is 5.75 Å². The van der Waals surface area contributed by atoms with Gasteiger partial charge in [-0.05, 0) is 12.1 Å². The second-order valence-corrected chi connectivity index (χ2v) is 4.83. The lowest BCUT2D eigenvalue weighted by molar-refractivity contribution is -0.132. The minimum atomic E-state index is -1.05. The smallest absolute Gasteiger partial charge is 0.223 e. The molecule has 116 valence electrons. The number of hydrogen-bond donors (Lipinski definition) is 3. The Morgan fingerprint density at radius 2 is 2.24 bits per heavy atom. The monoisotopic (exact) mass is 299 g/mol. The molecule has 7 heteroatoms. The summed E-state index contributed by atoms with van der Waals surface area (Å²) in [5.74, 6) is -0.402. The van der Waals surface area contributed by atoms with Crippen LogP contribution < -0.4 is 10.1 Å². The first kappa shape index (κ1) is 15.7. The van der Waals surface area contributed by atoms with Crippen LogP contribution >= 0.6 is 0 Å². The van der Waals surface area contributed by atoms with Crippen molar-refractivity contribution in [3.63, 3.8) is 0 Å². The summed E-state index contributed by atoms with van der Waals surface area (Å²) in [6, 6.07) is 5.00. The Morgan fingerprint density at radius 3 is 3.00 bits per heavy atom. The van der Waals surface area contributed by atoms with Gasteiger partial charge in [-0.2, -0.15) is 0 Å². The number of hydrogen-bond acceptors (Lipinski definition) is 5. The molecule has 6 nitrogen and oxygen atoms in total. The van der Waals surface area contributed by atoms with E-state index in [0.29, 0.717) is 5.75 Å². The van der Waals surface area contributed by atoms with Crippen LogP contribution in [0.3, 0.4) is 0 Å². The Bertz CT molecular complexity index is 484. The van der Waals surface area contributed by atoms with Gasteiger partial charge in [0.1, 0.15) is 23.8 Å². The number of rotatable bonds is 5. The number of aliphatic hydroxyl groups excluding tert-OH is 2. The Hall–Kier alpha value is -1.70. The summed E-state index contributed by atoms with van der Waals surface area (Å²) in [6.45, 7) is 0.284. The molecule has 0 aromatic heterocycles. The zero-order valence-corrected chi connectivity index (χ0v) is 11.4. The molecule has 0 spiro atoms. The van der Waals surface area contributed by atoms with Crippen LogP contribution in [0.2, 0.25) is 0 Å². The van der Waals surface area contributed by atoms with Gasteiger partial charge in [-0.1, -0.05) is 6.07 Å². The van der Waals surface area contributed by atoms with Crippen molar-refractivity contribution in [2.24, 2.45) is 0 Å². The Balaban J connectivity index is 1.72. The van der Waals surface area contributed by atoms with Crippen LogP contribution in [-0.2, 0) is 9.53 Å². The lowest BCUT2D eigenvalue weighted by Crippen LogP contribution is -2.55. The van der Waals surface area contributed by atoms with Crippen LogP contribution in [0.15, 0.2) is 24.3 Å². The van der Waals surface area contributed by atoms with Gasteiger partial charge in [-0.25, -0.2) is 4.39 Å². The predicted octanol–water partition coefficient (Wildman–Crippen LogP) is -0.169. The molecule has 0 radical (unpaired) electrons. The van der Waals surface area contributed by atoms with E-state index in [-0.39, 0.29) is 32.1 Å². The zero-order valence-electron chi connectivity index (χ0n) is 11.4.